The summed E-state index contributed by atoms with van der Waals surface area (Å²) in [5.74, 6) is 0. The Balaban J connectivity index is 2.93. The summed E-state index contributed by atoms with van der Waals surface area (Å²) in [4.78, 5) is 2.37. The number of hydrogen-bond acceptors (Lipinski definition) is 1. The van der Waals surface area contributed by atoms with E-state index in [1.54, 1.807) is 0 Å². The number of benzene rings is 1. The molecule has 14 heavy (non-hydrogen) atoms. The van der Waals surface area contributed by atoms with E-state index in [0.717, 1.165) is 6.42 Å². The van der Waals surface area contributed by atoms with Crippen LogP contribution >= 0.6 is 0 Å². The lowest BCUT2D eigenvalue weighted by Gasteiger charge is -2.28. The van der Waals surface area contributed by atoms with Crippen molar-refractivity contribution in [3.05, 3.63) is 29.8 Å². The van der Waals surface area contributed by atoms with Gasteiger partial charge in [0.15, 0.2) is 0 Å². The average molecular weight is 191 g/mol. The van der Waals surface area contributed by atoms with Crippen LogP contribution in [0.15, 0.2) is 24.3 Å². The molecular weight excluding hydrogens is 170 g/mol. The second-order valence-electron chi connectivity index (χ2n) is 3.85. The first-order valence-corrected chi connectivity index (χ1v) is 5.51. The molecule has 0 saturated carbocycles. The molecule has 0 fully saturated rings. The summed E-state index contributed by atoms with van der Waals surface area (Å²) in [6, 6.07) is 9.28. The third kappa shape index (κ3) is 2.28. The number of nitrogens with zero attached hydrogens (tertiary/aromatic N) is 1. The second kappa shape index (κ2) is 5.04. The zero-order valence-electron chi connectivity index (χ0n) is 9.75. The number of anilines is 1. The fraction of sp³-hybridized carbons (Fsp3) is 0.538. The van der Waals surface area contributed by atoms with E-state index in [0.29, 0.717) is 6.04 Å². The fourth-order valence-electron chi connectivity index (χ4n) is 1.67. The van der Waals surface area contributed by atoms with E-state index in [-0.39, 0.29) is 0 Å². The van der Waals surface area contributed by atoms with Gasteiger partial charge in [0.2, 0.25) is 0 Å². The minimum absolute atomic E-state index is 0.614. The van der Waals surface area contributed by atoms with E-state index < -0.39 is 0 Å². The summed E-state index contributed by atoms with van der Waals surface area (Å²) in [5.41, 5.74) is 2.82. The summed E-state index contributed by atoms with van der Waals surface area (Å²) in [5, 5.41) is 0. The number of aryl methyl sites for hydroxylation is 1. The van der Waals surface area contributed by atoms with Gasteiger partial charge in [0, 0.05) is 18.8 Å². The van der Waals surface area contributed by atoms with Gasteiger partial charge >= 0.3 is 0 Å². The summed E-state index contributed by atoms with van der Waals surface area (Å²) < 4.78 is 0. The predicted molar refractivity (Wildman–Crippen MR) is 64.0 cm³/mol. The quantitative estimate of drug-likeness (QED) is 0.704. The first-order chi connectivity index (χ1) is 6.70. The van der Waals surface area contributed by atoms with Gasteiger partial charge in [-0.2, -0.15) is 0 Å². The molecule has 0 heterocycles. The predicted octanol–water partition coefficient (Wildman–Crippen LogP) is 3.48. The fourth-order valence-corrected chi connectivity index (χ4v) is 1.67. The molecule has 0 amide bonds. The maximum atomic E-state index is 2.37. The van der Waals surface area contributed by atoms with Crippen molar-refractivity contribution in [2.24, 2.45) is 0 Å². The molecule has 78 valence electrons. The molecule has 0 bridgehead atoms. The SMILES string of the molecule is CCc1ccccc1N(C)[C@H](C)CC. The lowest BCUT2D eigenvalue weighted by atomic mass is 10.1. The van der Waals surface area contributed by atoms with Crippen LogP contribution in [-0.2, 0) is 6.42 Å². The van der Waals surface area contributed by atoms with Crippen LogP contribution in [-0.4, -0.2) is 13.1 Å². The van der Waals surface area contributed by atoms with Gasteiger partial charge in [-0.3, -0.25) is 0 Å². The van der Waals surface area contributed by atoms with Crippen molar-refractivity contribution in [1.29, 1.82) is 0 Å². The third-order valence-corrected chi connectivity index (χ3v) is 3.00. The van der Waals surface area contributed by atoms with E-state index in [9.17, 15) is 0 Å². The van der Waals surface area contributed by atoms with Crippen molar-refractivity contribution in [2.45, 2.75) is 39.7 Å². The molecule has 1 aromatic carbocycles. The van der Waals surface area contributed by atoms with Gasteiger partial charge in [-0.1, -0.05) is 32.0 Å². The number of hydrogen-bond donors (Lipinski definition) is 0. The van der Waals surface area contributed by atoms with E-state index in [2.05, 4.69) is 57.0 Å². The first kappa shape index (κ1) is 11.1. The highest BCUT2D eigenvalue weighted by atomic mass is 15.1. The van der Waals surface area contributed by atoms with Gasteiger partial charge in [0.25, 0.3) is 0 Å². The molecule has 1 rings (SSSR count). The molecule has 0 radical (unpaired) electrons. The summed E-state index contributed by atoms with van der Waals surface area (Å²) >= 11 is 0. The van der Waals surface area contributed by atoms with Gasteiger partial charge < -0.3 is 4.90 Å². The van der Waals surface area contributed by atoms with Crippen LogP contribution < -0.4 is 4.90 Å². The maximum Gasteiger partial charge on any atom is 0.0398 e. The van der Waals surface area contributed by atoms with E-state index >= 15 is 0 Å². The Hall–Kier alpha value is -0.980. The lowest BCUT2D eigenvalue weighted by Crippen LogP contribution is -2.28. The second-order valence-corrected chi connectivity index (χ2v) is 3.85. The Bertz CT molecular complexity index is 280. The zero-order valence-corrected chi connectivity index (χ0v) is 9.75. The van der Waals surface area contributed by atoms with Crippen LogP contribution in [0.2, 0.25) is 0 Å². The Labute approximate surface area is 87.7 Å². The molecule has 0 N–H and O–H groups in total. The highest BCUT2D eigenvalue weighted by Gasteiger charge is 2.10. The molecule has 0 aliphatic heterocycles. The molecule has 0 saturated heterocycles. The van der Waals surface area contributed by atoms with Crippen LogP contribution in [0.4, 0.5) is 5.69 Å². The highest BCUT2D eigenvalue weighted by Crippen LogP contribution is 2.22. The molecule has 0 aromatic heterocycles. The summed E-state index contributed by atoms with van der Waals surface area (Å²) in [6.07, 6.45) is 2.30. The van der Waals surface area contributed by atoms with Gasteiger partial charge in [-0.25, -0.2) is 0 Å². The van der Waals surface area contributed by atoms with Crippen LogP contribution in [0.5, 0.6) is 0 Å². The number of para-hydroxylation sites is 1. The Morgan fingerprint density at radius 3 is 2.43 bits per heavy atom. The zero-order chi connectivity index (χ0) is 10.6. The topological polar surface area (TPSA) is 3.24 Å². The van der Waals surface area contributed by atoms with Gasteiger partial charge in [-0.05, 0) is 31.4 Å². The monoisotopic (exact) mass is 191 g/mol. The maximum absolute atomic E-state index is 2.37. The highest BCUT2D eigenvalue weighted by molar-refractivity contribution is 5.53. The molecule has 0 aliphatic carbocycles. The molecule has 0 spiro atoms. The smallest absolute Gasteiger partial charge is 0.0398 e. The lowest BCUT2D eigenvalue weighted by molar-refractivity contribution is 0.661. The van der Waals surface area contributed by atoms with Crippen LogP contribution in [0.3, 0.4) is 0 Å². The van der Waals surface area contributed by atoms with Crippen molar-refractivity contribution in [2.75, 3.05) is 11.9 Å². The minimum Gasteiger partial charge on any atom is -0.372 e. The van der Waals surface area contributed by atoms with Gasteiger partial charge in [-0.15, -0.1) is 0 Å². The van der Waals surface area contributed by atoms with E-state index in [1.165, 1.54) is 17.7 Å². The van der Waals surface area contributed by atoms with Crippen LogP contribution in [0.25, 0.3) is 0 Å². The summed E-state index contributed by atoms with van der Waals surface area (Å²) in [7, 11) is 2.18. The Morgan fingerprint density at radius 2 is 1.86 bits per heavy atom. The standard InChI is InChI=1S/C13H21N/c1-5-11(3)14(4)13-10-8-7-9-12(13)6-2/h7-11H,5-6H2,1-4H3/t11-/m1/s1. The molecular formula is C13H21N. The van der Waals surface area contributed by atoms with Crippen molar-refractivity contribution in [3.8, 4) is 0 Å². The van der Waals surface area contributed by atoms with Crippen LogP contribution in [0, 0.1) is 0 Å². The first-order valence-electron chi connectivity index (χ1n) is 5.51. The van der Waals surface area contributed by atoms with Crippen molar-refractivity contribution >= 4 is 5.69 Å². The molecule has 1 aromatic rings. The number of rotatable bonds is 4. The largest absolute Gasteiger partial charge is 0.372 e. The third-order valence-electron chi connectivity index (χ3n) is 3.00. The van der Waals surface area contributed by atoms with Gasteiger partial charge in [0.05, 0.1) is 0 Å². The van der Waals surface area contributed by atoms with Crippen molar-refractivity contribution < 1.29 is 0 Å². The van der Waals surface area contributed by atoms with Crippen molar-refractivity contribution in [3.63, 3.8) is 0 Å². The molecule has 1 nitrogen and oxygen atoms in total. The molecule has 0 unspecified atom stereocenters. The Morgan fingerprint density at radius 1 is 1.21 bits per heavy atom. The minimum atomic E-state index is 0.614. The van der Waals surface area contributed by atoms with E-state index in [4.69, 9.17) is 0 Å². The molecule has 0 aliphatic rings. The van der Waals surface area contributed by atoms with E-state index in [1.807, 2.05) is 0 Å². The van der Waals surface area contributed by atoms with Crippen molar-refractivity contribution in [1.82, 2.24) is 0 Å². The molecule has 1 heteroatoms. The average Bonchev–Trinajstić information content (AvgIpc) is 2.26. The normalized spacial score (nSPS) is 12.6. The Kier molecular flexibility index (Phi) is 3.99. The van der Waals surface area contributed by atoms with Gasteiger partial charge in [0.1, 0.15) is 0 Å². The van der Waals surface area contributed by atoms with Crippen LogP contribution in [0.1, 0.15) is 32.8 Å². The summed E-state index contributed by atoms with van der Waals surface area (Å²) in [6.45, 7) is 6.71. The molecule has 1 atom stereocenters.